The first-order valence-electron chi connectivity index (χ1n) is 9.45. The zero-order chi connectivity index (χ0) is 18.6. The van der Waals surface area contributed by atoms with E-state index >= 15 is 0 Å². The molecule has 0 radical (unpaired) electrons. The molecule has 2 aliphatic rings. The van der Waals surface area contributed by atoms with E-state index in [9.17, 15) is 9.32 Å². The minimum atomic E-state index is -2.76. The molecule has 0 unspecified atom stereocenters. The summed E-state index contributed by atoms with van der Waals surface area (Å²) in [5.41, 5.74) is 3.99. The third-order valence-corrected chi connectivity index (χ3v) is 8.00. The molecule has 3 N–H and O–H groups in total. The number of benzene rings is 2. The summed E-state index contributed by atoms with van der Waals surface area (Å²) >= 11 is 0. The van der Waals surface area contributed by atoms with E-state index in [1.54, 1.807) is 0 Å². The Labute approximate surface area is 159 Å². The maximum absolute atomic E-state index is 13.0. The number of H-pyrrole nitrogens is 1. The molecule has 5 rings (SSSR count). The molecule has 140 valence electrons. The van der Waals surface area contributed by atoms with Crippen molar-refractivity contribution in [2.45, 2.75) is 35.5 Å². The number of aliphatic hydroxyl groups excluding tert-OH is 1. The van der Waals surface area contributed by atoms with Crippen molar-refractivity contribution < 1.29 is 9.32 Å². The Morgan fingerprint density at radius 2 is 1.93 bits per heavy atom. The molecule has 27 heavy (non-hydrogen) atoms. The lowest BCUT2D eigenvalue weighted by atomic mass is 10.1. The third-order valence-electron chi connectivity index (χ3n) is 5.64. The summed E-state index contributed by atoms with van der Waals surface area (Å²) < 4.78 is 21.4. The zero-order valence-corrected chi connectivity index (χ0v) is 15.8. The molecule has 2 atom stereocenters. The molecule has 1 aliphatic carbocycles. The number of β-amino-alcohol motifs (C(OH)–C–C–N with tert-alkyl or cyclic N) is 1. The largest absolute Gasteiger partial charge is 0.391 e. The van der Waals surface area contributed by atoms with Crippen LogP contribution in [0.5, 0.6) is 0 Å². The van der Waals surface area contributed by atoms with Gasteiger partial charge in [0.15, 0.2) is 0 Å². The van der Waals surface area contributed by atoms with Crippen LogP contribution in [0.25, 0.3) is 22.2 Å². The van der Waals surface area contributed by atoms with Crippen LogP contribution in [0.1, 0.15) is 19.3 Å². The minimum absolute atomic E-state index is 0.00692. The number of hydrogen-bond acceptors (Lipinski definition) is 4. The van der Waals surface area contributed by atoms with Gasteiger partial charge in [0, 0.05) is 51.1 Å². The second-order valence-electron chi connectivity index (χ2n) is 7.64. The summed E-state index contributed by atoms with van der Waals surface area (Å²) in [4.78, 5) is 6.26. The van der Waals surface area contributed by atoms with Crippen LogP contribution in [-0.2, 0) is 9.73 Å². The van der Waals surface area contributed by atoms with Crippen molar-refractivity contribution in [3.05, 3.63) is 48.5 Å². The highest BCUT2D eigenvalue weighted by Gasteiger charge is 2.34. The van der Waals surface area contributed by atoms with Gasteiger partial charge in [-0.15, -0.1) is 0 Å². The summed E-state index contributed by atoms with van der Waals surface area (Å²) in [7, 11) is -2.76. The van der Waals surface area contributed by atoms with Crippen LogP contribution in [0.3, 0.4) is 0 Å². The van der Waals surface area contributed by atoms with Crippen molar-refractivity contribution in [1.82, 2.24) is 4.98 Å². The van der Waals surface area contributed by atoms with E-state index in [1.165, 1.54) is 0 Å². The van der Waals surface area contributed by atoms with E-state index < -0.39 is 9.73 Å². The average molecular weight is 382 g/mol. The molecular formula is C21H23N3O2S. The maximum Gasteiger partial charge on any atom is 0.0755 e. The molecule has 2 heterocycles. The van der Waals surface area contributed by atoms with Crippen molar-refractivity contribution in [2.75, 3.05) is 18.0 Å². The Balaban J connectivity index is 1.67. The van der Waals surface area contributed by atoms with Gasteiger partial charge in [0.1, 0.15) is 0 Å². The number of aromatic nitrogens is 1. The van der Waals surface area contributed by atoms with Gasteiger partial charge in [-0.1, -0.05) is 18.2 Å². The fourth-order valence-corrected chi connectivity index (χ4v) is 5.71. The molecule has 2 fully saturated rings. The van der Waals surface area contributed by atoms with Crippen LogP contribution < -0.4 is 4.90 Å². The summed E-state index contributed by atoms with van der Waals surface area (Å²) in [5.74, 6) is 0. The van der Waals surface area contributed by atoms with Gasteiger partial charge in [-0.2, -0.15) is 0 Å². The van der Waals surface area contributed by atoms with Gasteiger partial charge in [0.2, 0.25) is 0 Å². The number of aromatic amines is 1. The highest BCUT2D eigenvalue weighted by Crippen LogP contribution is 2.39. The van der Waals surface area contributed by atoms with Crippen LogP contribution in [0.4, 0.5) is 5.69 Å². The van der Waals surface area contributed by atoms with E-state index in [0.717, 1.165) is 53.7 Å². The van der Waals surface area contributed by atoms with Crippen LogP contribution in [0, 0.1) is 4.78 Å². The van der Waals surface area contributed by atoms with Crippen LogP contribution in [0.2, 0.25) is 0 Å². The highest BCUT2D eigenvalue weighted by atomic mass is 32.2. The topological polar surface area (TPSA) is 80.2 Å². The molecule has 1 saturated carbocycles. The first kappa shape index (κ1) is 16.8. The number of fused-ring (bicyclic) bond motifs is 1. The van der Waals surface area contributed by atoms with E-state index in [4.69, 9.17) is 4.78 Å². The van der Waals surface area contributed by atoms with E-state index in [1.807, 2.05) is 36.4 Å². The van der Waals surface area contributed by atoms with Crippen molar-refractivity contribution in [3.8, 4) is 11.3 Å². The molecule has 0 amide bonds. The second kappa shape index (κ2) is 6.11. The second-order valence-corrected chi connectivity index (χ2v) is 9.98. The smallest absolute Gasteiger partial charge is 0.0755 e. The number of aliphatic hydroxyl groups is 1. The number of hydrogen-bond donors (Lipinski definition) is 3. The van der Waals surface area contributed by atoms with Gasteiger partial charge in [0.25, 0.3) is 0 Å². The molecule has 2 aromatic carbocycles. The Bertz CT molecular complexity index is 1080. The van der Waals surface area contributed by atoms with E-state index in [2.05, 4.69) is 22.0 Å². The average Bonchev–Trinajstić information content (AvgIpc) is 3.31. The zero-order valence-electron chi connectivity index (χ0n) is 15.0. The molecule has 1 saturated heterocycles. The fourth-order valence-electron chi connectivity index (χ4n) is 3.97. The Hall–Kier alpha value is -2.31. The van der Waals surface area contributed by atoms with Gasteiger partial charge in [0.05, 0.1) is 15.8 Å². The number of nitrogens with zero attached hydrogens (tertiary/aromatic N) is 1. The van der Waals surface area contributed by atoms with E-state index in [-0.39, 0.29) is 11.4 Å². The van der Waals surface area contributed by atoms with Crippen molar-refractivity contribution in [3.63, 3.8) is 0 Å². The number of rotatable bonds is 4. The van der Waals surface area contributed by atoms with Crippen molar-refractivity contribution >= 4 is 26.3 Å². The van der Waals surface area contributed by atoms with Crippen LogP contribution >= 0.6 is 0 Å². The SMILES string of the molecule is N=[S@@](=O)(c1ccc(N2CC[C@H](O)C2)c(-c2cc3ccccc3[nH]2)c1)C1CC1. The lowest BCUT2D eigenvalue weighted by Gasteiger charge is -2.22. The number of anilines is 1. The monoisotopic (exact) mass is 381 g/mol. The maximum atomic E-state index is 13.0. The normalized spacial score (nSPS) is 22.3. The molecule has 1 aliphatic heterocycles. The highest BCUT2D eigenvalue weighted by molar-refractivity contribution is 7.93. The van der Waals surface area contributed by atoms with Gasteiger partial charge in [-0.25, -0.2) is 8.99 Å². The molecular weight excluding hydrogens is 358 g/mol. The van der Waals surface area contributed by atoms with Crippen LogP contribution in [-0.4, -0.2) is 38.7 Å². The first-order chi connectivity index (χ1) is 13.0. The molecule has 6 heteroatoms. The predicted octanol–water partition coefficient (Wildman–Crippen LogP) is 3.97. The third kappa shape index (κ3) is 2.93. The standard InChI is InChI=1S/C21H23N3O2S/c22-27(26,16-5-6-16)17-7-8-21(24-10-9-15(25)13-24)18(12-17)20-11-14-3-1-2-4-19(14)23-20/h1-4,7-8,11-12,15-16,22-23,25H,5-6,9-10,13H2/t15-,27-/m0/s1. The molecule has 0 spiro atoms. The summed E-state index contributed by atoms with van der Waals surface area (Å²) in [5, 5.41) is 11.1. The summed E-state index contributed by atoms with van der Waals surface area (Å²) in [6.45, 7) is 1.40. The lowest BCUT2D eigenvalue weighted by Crippen LogP contribution is -2.22. The molecule has 1 aromatic heterocycles. The van der Waals surface area contributed by atoms with Gasteiger partial charge in [-0.3, -0.25) is 0 Å². The molecule has 5 nitrogen and oxygen atoms in total. The first-order valence-corrected chi connectivity index (χ1v) is 11.1. The van der Waals surface area contributed by atoms with Crippen LogP contribution in [0.15, 0.2) is 53.4 Å². The van der Waals surface area contributed by atoms with Crippen molar-refractivity contribution in [2.24, 2.45) is 0 Å². The number of nitrogens with one attached hydrogen (secondary N) is 2. The molecule has 3 aromatic rings. The predicted molar refractivity (Wildman–Crippen MR) is 109 cm³/mol. The Kier molecular flexibility index (Phi) is 3.81. The van der Waals surface area contributed by atoms with Gasteiger partial charge >= 0.3 is 0 Å². The quantitative estimate of drug-likeness (QED) is 0.640. The lowest BCUT2D eigenvalue weighted by molar-refractivity contribution is 0.198. The Morgan fingerprint density at radius 3 is 2.63 bits per heavy atom. The fraction of sp³-hybridized carbons (Fsp3) is 0.333. The van der Waals surface area contributed by atoms with E-state index in [0.29, 0.717) is 11.4 Å². The Morgan fingerprint density at radius 1 is 1.11 bits per heavy atom. The van der Waals surface area contributed by atoms with Gasteiger partial charge < -0.3 is 15.0 Å². The molecule has 0 bridgehead atoms. The number of para-hydroxylation sites is 1. The summed E-state index contributed by atoms with van der Waals surface area (Å²) in [6.07, 6.45) is 2.20. The summed E-state index contributed by atoms with van der Waals surface area (Å²) in [6, 6.07) is 16.0. The minimum Gasteiger partial charge on any atom is -0.391 e. The van der Waals surface area contributed by atoms with Gasteiger partial charge in [-0.05, 0) is 49.6 Å². The van der Waals surface area contributed by atoms with Crippen molar-refractivity contribution in [1.29, 1.82) is 4.78 Å².